The fourth-order valence-electron chi connectivity index (χ4n) is 1.98. The van der Waals surface area contributed by atoms with Gasteiger partial charge in [0.1, 0.15) is 0 Å². The van der Waals surface area contributed by atoms with Gasteiger partial charge in [0.25, 0.3) is 0 Å². The van der Waals surface area contributed by atoms with Crippen LogP contribution < -0.4 is 5.32 Å². The van der Waals surface area contributed by atoms with E-state index in [1.54, 1.807) is 0 Å². The number of nitrogens with zero attached hydrogens (tertiary/aromatic N) is 2. The van der Waals surface area contributed by atoms with Crippen LogP contribution in [0.25, 0.3) is 0 Å². The molecule has 3 nitrogen and oxygen atoms in total. The first kappa shape index (κ1) is 12.7. The van der Waals surface area contributed by atoms with Gasteiger partial charge in [-0.15, -0.1) is 0 Å². The largest absolute Gasteiger partial charge is 0.383 e. The Balaban J connectivity index is 1.79. The highest BCUT2D eigenvalue weighted by molar-refractivity contribution is 5.44. The van der Waals surface area contributed by atoms with Gasteiger partial charge in [0.2, 0.25) is 0 Å². The number of rotatable bonds is 6. The quantitative estimate of drug-likeness (QED) is 0.844. The van der Waals surface area contributed by atoms with E-state index in [4.69, 9.17) is 0 Å². The van der Waals surface area contributed by atoms with E-state index in [9.17, 15) is 0 Å². The molecule has 0 saturated heterocycles. The van der Waals surface area contributed by atoms with Gasteiger partial charge < -0.3 is 5.32 Å². The fourth-order valence-corrected chi connectivity index (χ4v) is 1.98. The van der Waals surface area contributed by atoms with Crippen LogP contribution in [0.1, 0.15) is 24.5 Å². The SMILES string of the molecule is CCCc1ccc(NCCn2cc(C)cn2)cc1. The molecule has 2 aromatic rings. The van der Waals surface area contributed by atoms with Gasteiger partial charge in [0.15, 0.2) is 0 Å². The molecule has 1 aromatic heterocycles. The van der Waals surface area contributed by atoms with E-state index in [-0.39, 0.29) is 0 Å². The molecule has 0 radical (unpaired) electrons. The molecule has 0 aliphatic rings. The van der Waals surface area contributed by atoms with Gasteiger partial charge in [-0.25, -0.2) is 0 Å². The maximum atomic E-state index is 4.26. The Bertz CT molecular complexity index is 471. The smallest absolute Gasteiger partial charge is 0.0582 e. The van der Waals surface area contributed by atoms with Crippen LogP contribution in [0.2, 0.25) is 0 Å². The minimum Gasteiger partial charge on any atom is -0.383 e. The van der Waals surface area contributed by atoms with E-state index < -0.39 is 0 Å². The Morgan fingerprint density at radius 1 is 1.22 bits per heavy atom. The van der Waals surface area contributed by atoms with Gasteiger partial charge in [0.05, 0.1) is 12.7 Å². The van der Waals surface area contributed by atoms with Gasteiger partial charge in [0, 0.05) is 18.4 Å². The van der Waals surface area contributed by atoms with Gasteiger partial charge in [-0.05, 0) is 36.6 Å². The summed E-state index contributed by atoms with van der Waals surface area (Å²) in [5.41, 5.74) is 3.79. The van der Waals surface area contributed by atoms with E-state index in [2.05, 4.69) is 54.7 Å². The Hall–Kier alpha value is -1.77. The lowest BCUT2D eigenvalue weighted by Crippen LogP contribution is -2.10. The number of nitrogens with one attached hydrogen (secondary N) is 1. The lowest BCUT2D eigenvalue weighted by molar-refractivity contribution is 0.637. The molecule has 0 saturated carbocycles. The molecular formula is C15H21N3. The van der Waals surface area contributed by atoms with Gasteiger partial charge >= 0.3 is 0 Å². The first-order chi connectivity index (χ1) is 8.78. The van der Waals surface area contributed by atoms with Crippen molar-refractivity contribution in [1.82, 2.24) is 9.78 Å². The summed E-state index contributed by atoms with van der Waals surface area (Å²) < 4.78 is 1.97. The number of benzene rings is 1. The van der Waals surface area contributed by atoms with Crippen molar-refractivity contribution in [2.45, 2.75) is 33.2 Å². The van der Waals surface area contributed by atoms with Crippen molar-refractivity contribution >= 4 is 5.69 Å². The highest BCUT2D eigenvalue weighted by atomic mass is 15.3. The number of aryl methyl sites for hydroxylation is 2. The minimum absolute atomic E-state index is 0.893. The van der Waals surface area contributed by atoms with Crippen LogP contribution in [0.3, 0.4) is 0 Å². The van der Waals surface area contributed by atoms with Crippen molar-refractivity contribution in [2.24, 2.45) is 0 Å². The predicted molar refractivity (Wildman–Crippen MR) is 75.9 cm³/mol. The van der Waals surface area contributed by atoms with Crippen LogP contribution in [0.4, 0.5) is 5.69 Å². The van der Waals surface area contributed by atoms with Crippen molar-refractivity contribution in [2.75, 3.05) is 11.9 Å². The topological polar surface area (TPSA) is 29.9 Å². The summed E-state index contributed by atoms with van der Waals surface area (Å²) in [5, 5.41) is 7.67. The van der Waals surface area contributed by atoms with Crippen LogP contribution in [0.15, 0.2) is 36.7 Å². The second-order valence-electron chi connectivity index (χ2n) is 4.65. The van der Waals surface area contributed by atoms with Gasteiger partial charge in [-0.3, -0.25) is 4.68 Å². The van der Waals surface area contributed by atoms with Crippen LogP contribution >= 0.6 is 0 Å². The van der Waals surface area contributed by atoms with Crippen LogP contribution in [0.5, 0.6) is 0 Å². The van der Waals surface area contributed by atoms with E-state index in [1.165, 1.54) is 23.2 Å². The zero-order valence-electron chi connectivity index (χ0n) is 11.2. The third-order valence-electron chi connectivity index (χ3n) is 2.92. The molecule has 0 atom stereocenters. The van der Waals surface area contributed by atoms with Crippen molar-refractivity contribution in [3.05, 3.63) is 47.8 Å². The molecule has 0 spiro atoms. The van der Waals surface area contributed by atoms with Crippen molar-refractivity contribution in [3.8, 4) is 0 Å². The van der Waals surface area contributed by atoms with Crippen LogP contribution in [0, 0.1) is 6.92 Å². The normalized spacial score (nSPS) is 10.6. The van der Waals surface area contributed by atoms with Crippen molar-refractivity contribution in [1.29, 1.82) is 0 Å². The summed E-state index contributed by atoms with van der Waals surface area (Å²) in [5.74, 6) is 0. The molecule has 0 fully saturated rings. The molecule has 96 valence electrons. The molecule has 1 heterocycles. The van der Waals surface area contributed by atoms with Crippen molar-refractivity contribution in [3.63, 3.8) is 0 Å². The van der Waals surface area contributed by atoms with E-state index in [0.717, 1.165) is 19.5 Å². The highest BCUT2D eigenvalue weighted by Crippen LogP contribution is 2.10. The second-order valence-corrected chi connectivity index (χ2v) is 4.65. The molecule has 2 rings (SSSR count). The summed E-state index contributed by atoms with van der Waals surface area (Å²) in [7, 11) is 0. The number of hydrogen-bond donors (Lipinski definition) is 1. The molecule has 0 unspecified atom stereocenters. The summed E-state index contributed by atoms with van der Waals surface area (Å²) in [6.07, 6.45) is 6.31. The molecular weight excluding hydrogens is 222 g/mol. The lowest BCUT2D eigenvalue weighted by Gasteiger charge is -2.07. The maximum Gasteiger partial charge on any atom is 0.0582 e. The molecule has 3 heteroatoms. The Kier molecular flexibility index (Phi) is 4.40. The fraction of sp³-hybridized carbons (Fsp3) is 0.400. The molecule has 1 N–H and O–H groups in total. The van der Waals surface area contributed by atoms with Crippen LogP contribution in [-0.2, 0) is 13.0 Å². The molecule has 0 amide bonds. The van der Waals surface area contributed by atoms with E-state index in [1.807, 2.05) is 10.9 Å². The first-order valence-electron chi connectivity index (χ1n) is 6.60. The predicted octanol–water partition coefficient (Wildman–Crippen LogP) is 3.26. The third kappa shape index (κ3) is 3.62. The summed E-state index contributed by atoms with van der Waals surface area (Å²) in [6, 6.07) is 8.70. The molecule has 0 aliphatic carbocycles. The first-order valence-corrected chi connectivity index (χ1v) is 6.60. The van der Waals surface area contributed by atoms with E-state index >= 15 is 0 Å². The molecule has 0 aliphatic heterocycles. The average molecular weight is 243 g/mol. The Morgan fingerprint density at radius 3 is 2.61 bits per heavy atom. The second kappa shape index (κ2) is 6.24. The number of hydrogen-bond acceptors (Lipinski definition) is 2. The van der Waals surface area contributed by atoms with Gasteiger partial charge in [-0.2, -0.15) is 5.10 Å². The van der Waals surface area contributed by atoms with Gasteiger partial charge in [-0.1, -0.05) is 25.5 Å². The monoisotopic (exact) mass is 243 g/mol. The third-order valence-corrected chi connectivity index (χ3v) is 2.92. The van der Waals surface area contributed by atoms with Crippen molar-refractivity contribution < 1.29 is 0 Å². The molecule has 0 bridgehead atoms. The number of aromatic nitrogens is 2. The summed E-state index contributed by atoms with van der Waals surface area (Å²) >= 11 is 0. The molecule has 18 heavy (non-hydrogen) atoms. The number of anilines is 1. The molecule has 1 aromatic carbocycles. The summed E-state index contributed by atoms with van der Waals surface area (Å²) in [4.78, 5) is 0. The zero-order chi connectivity index (χ0) is 12.8. The maximum absolute atomic E-state index is 4.26. The highest BCUT2D eigenvalue weighted by Gasteiger charge is 1.96. The summed E-state index contributed by atoms with van der Waals surface area (Å²) in [6.45, 7) is 6.06. The Morgan fingerprint density at radius 2 is 2.00 bits per heavy atom. The standard InChI is InChI=1S/C15H21N3/c1-3-4-14-5-7-15(8-6-14)16-9-10-18-12-13(2)11-17-18/h5-8,11-12,16H,3-4,9-10H2,1-2H3. The Labute approximate surface area is 109 Å². The minimum atomic E-state index is 0.893. The average Bonchev–Trinajstić information content (AvgIpc) is 2.78. The lowest BCUT2D eigenvalue weighted by atomic mass is 10.1. The zero-order valence-corrected chi connectivity index (χ0v) is 11.2. The van der Waals surface area contributed by atoms with E-state index in [0.29, 0.717) is 0 Å². The van der Waals surface area contributed by atoms with Crippen LogP contribution in [-0.4, -0.2) is 16.3 Å².